The second-order valence-corrected chi connectivity index (χ2v) is 4.82. The van der Waals surface area contributed by atoms with Gasteiger partial charge in [-0.15, -0.1) is 0 Å². The number of phenols is 4. The fourth-order valence-corrected chi connectivity index (χ4v) is 2.31. The van der Waals surface area contributed by atoms with Crippen LogP contribution in [0, 0.1) is 0 Å². The summed E-state index contributed by atoms with van der Waals surface area (Å²) in [6.07, 6.45) is -0.689. The first-order valence-corrected chi connectivity index (χ1v) is 6.23. The van der Waals surface area contributed by atoms with Crippen molar-refractivity contribution in [3.8, 4) is 28.7 Å². The van der Waals surface area contributed by atoms with Gasteiger partial charge in [0.05, 0.1) is 12.0 Å². The molecule has 0 aliphatic carbocycles. The van der Waals surface area contributed by atoms with Gasteiger partial charge in [0, 0.05) is 11.6 Å². The van der Waals surface area contributed by atoms with Gasteiger partial charge in [-0.1, -0.05) is 0 Å². The number of hydrogen-bond acceptors (Lipinski definition) is 6. The molecule has 1 aliphatic heterocycles. The number of benzene rings is 2. The molecule has 2 aromatic carbocycles. The molecule has 0 unspecified atom stereocenters. The van der Waals surface area contributed by atoms with Gasteiger partial charge in [0.2, 0.25) is 0 Å². The van der Waals surface area contributed by atoms with Crippen molar-refractivity contribution < 1.29 is 30.0 Å². The molecule has 0 aromatic heterocycles. The second-order valence-electron chi connectivity index (χ2n) is 4.82. The first-order valence-electron chi connectivity index (χ1n) is 6.23. The van der Waals surface area contributed by atoms with Crippen LogP contribution in [0.5, 0.6) is 28.7 Å². The Labute approximate surface area is 119 Å². The molecule has 0 saturated heterocycles. The Morgan fingerprint density at radius 3 is 2.33 bits per heavy atom. The number of aromatic hydroxyl groups is 4. The molecule has 21 heavy (non-hydrogen) atoms. The third kappa shape index (κ3) is 2.20. The normalized spacial score (nSPS) is 17.1. The molecular weight excluding hydrogens is 276 g/mol. The van der Waals surface area contributed by atoms with Crippen molar-refractivity contribution in [2.45, 2.75) is 12.5 Å². The topological polar surface area (TPSA) is 107 Å². The minimum absolute atomic E-state index is 0.0291. The fourth-order valence-electron chi connectivity index (χ4n) is 2.31. The lowest BCUT2D eigenvalue weighted by molar-refractivity contribution is 0.0848. The van der Waals surface area contributed by atoms with Gasteiger partial charge >= 0.3 is 0 Å². The highest BCUT2D eigenvalue weighted by Crippen LogP contribution is 2.42. The van der Waals surface area contributed by atoms with Crippen LogP contribution < -0.4 is 4.74 Å². The van der Waals surface area contributed by atoms with Gasteiger partial charge in [-0.3, -0.25) is 4.79 Å². The van der Waals surface area contributed by atoms with Crippen molar-refractivity contribution in [1.29, 1.82) is 0 Å². The maximum atomic E-state index is 12.1. The summed E-state index contributed by atoms with van der Waals surface area (Å²) in [6, 6.07) is 6.66. The highest BCUT2D eigenvalue weighted by atomic mass is 16.5. The Bertz CT molecular complexity index is 714. The molecule has 0 bridgehead atoms. The Morgan fingerprint density at radius 1 is 1.00 bits per heavy atom. The van der Waals surface area contributed by atoms with Crippen LogP contribution in [0.1, 0.15) is 28.4 Å². The minimum atomic E-state index is -0.718. The smallest absolute Gasteiger partial charge is 0.200 e. The predicted octanol–water partition coefficient (Wildman–Crippen LogP) is 2.22. The molecule has 6 heteroatoms. The van der Waals surface area contributed by atoms with Gasteiger partial charge < -0.3 is 25.2 Å². The first-order chi connectivity index (χ1) is 9.95. The van der Waals surface area contributed by atoms with Crippen LogP contribution in [0.25, 0.3) is 0 Å². The van der Waals surface area contributed by atoms with E-state index in [9.17, 15) is 25.2 Å². The third-order valence-corrected chi connectivity index (χ3v) is 3.37. The maximum Gasteiger partial charge on any atom is 0.200 e. The van der Waals surface area contributed by atoms with Gasteiger partial charge in [-0.25, -0.2) is 0 Å². The average Bonchev–Trinajstić information content (AvgIpc) is 2.43. The zero-order chi connectivity index (χ0) is 15.1. The lowest BCUT2D eigenvalue weighted by Gasteiger charge is -2.25. The van der Waals surface area contributed by atoms with Gasteiger partial charge in [0.15, 0.2) is 23.0 Å². The standard InChI is InChI=1S/C15H12O6/c16-8-1-2-9-10(17)6-13(21-14(9)5-8)7-3-11(18)15(20)12(19)4-7/h1-5,13,16,18-20H,6H2/t13-/m0/s1. The number of ether oxygens (including phenoxy) is 1. The van der Waals surface area contributed by atoms with Gasteiger partial charge in [0.25, 0.3) is 0 Å². The summed E-state index contributed by atoms with van der Waals surface area (Å²) < 4.78 is 5.63. The number of rotatable bonds is 1. The summed E-state index contributed by atoms with van der Waals surface area (Å²) in [4.78, 5) is 12.1. The third-order valence-electron chi connectivity index (χ3n) is 3.37. The molecule has 108 valence electrons. The predicted molar refractivity (Wildman–Crippen MR) is 71.9 cm³/mol. The molecule has 0 radical (unpaired) electrons. The summed E-state index contributed by atoms with van der Waals surface area (Å²) in [5.41, 5.74) is 0.724. The molecule has 2 aromatic rings. The molecular formula is C15H12O6. The quantitative estimate of drug-likeness (QED) is 0.599. The lowest BCUT2D eigenvalue weighted by Crippen LogP contribution is -2.20. The molecule has 0 saturated carbocycles. The van der Waals surface area contributed by atoms with E-state index in [1.165, 1.54) is 30.3 Å². The number of hydrogen-bond donors (Lipinski definition) is 4. The van der Waals surface area contributed by atoms with Crippen LogP contribution in [-0.4, -0.2) is 26.2 Å². The summed E-state index contributed by atoms with van der Waals surface area (Å²) in [6.45, 7) is 0. The van der Waals surface area contributed by atoms with Gasteiger partial charge in [0.1, 0.15) is 17.6 Å². The van der Waals surface area contributed by atoms with E-state index in [0.717, 1.165) is 0 Å². The van der Waals surface area contributed by atoms with Crippen LogP contribution in [0.15, 0.2) is 30.3 Å². The Balaban J connectivity index is 2.01. The van der Waals surface area contributed by atoms with E-state index in [4.69, 9.17) is 4.74 Å². The zero-order valence-corrected chi connectivity index (χ0v) is 10.8. The number of carbonyl (C=O) groups is 1. The van der Waals surface area contributed by atoms with Crippen molar-refractivity contribution in [1.82, 2.24) is 0 Å². The van der Waals surface area contributed by atoms with Crippen LogP contribution in [0.2, 0.25) is 0 Å². The van der Waals surface area contributed by atoms with E-state index in [2.05, 4.69) is 0 Å². The van der Waals surface area contributed by atoms with Crippen LogP contribution in [0.3, 0.4) is 0 Å². The van der Waals surface area contributed by atoms with Crippen molar-refractivity contribution in [2.75, 3.05) is 0 Å². The highest BCUT2D eigenvalue weighted by molar-refractivity contribution is 6.00. The average molecular weight is 288 g/mol. The van der Waals surface area contributed by atoms with Crippen LogP contribution >= 0.6 is 0 Å². The second kappa shape index (κ2) is 4.59. The van der Waals surface area contributed by atoms with Crippen LogP contribution in [0.4, 0.5) is 0 Å². The molecule has 1 aliphatic rings. The van der Waals surface area contributed by atoms with E-state index in [-0.39, 0.29) is 23.7 Å². The molecule has 0 fully saturated rings. The first kappa shape index (κ1) is 13.1. The van der Waals surface area contributed by atoms with E-state index in [1.807, 2.05) is 0 Å². The Kier molecular flexibility index (Phi) is 2.86. The minimum Gasteiger partial charge on any atom is -0.508 e. The largest absolute Gasteiger partial charge is 0.508 e. The van der Waals surface area contributed by atoms with Crippen LogP contribution in [-0.2, 0) is 0 Å². The number of phenolic OH excluding ortho intramolecular Hbond substituents is 4. The number of carbonyl (C=O) groups excluding carboxylic acids is 1. The molecule has 3 rings (SSSR count). The summed E-state index contributed by atoms with van der Waals surface area (Å²) in [5, 5.41) is 37.8. The molecule has 0 amide bonds. The van der Waals surface area contributed by atoms with Crippen molar-refractivity contribution in [3.63, 3.8) is 0 Å². The molecule has 1 heterocycles. The molecule has 6 nitrogen and oxygen atoms in total. The van der Waals surface area contributed by atoms with Gasteiger partial charge in [-0.05, 0) is 24.3 Å². The van der Waals surface area contributed by atoms with E-state index in [0.29, 0.717) is 11.1 Å². The fraction of sp³-hybridized carbons (Fsp3) is 0.133. The Hall–Kier alpha value is -2.89. The van der Waals surface area contributed by atoms with Crippen molar-refractivity contribution in [2.24, 2.45) is 0 Å². The van der Waals surface area contributed by atoms with E-state index < -0.39 is 23.4 Å². The van der Waals surface area contributed by atoms with E-state index in [1.54, 1.807) is 0 Å². The number of fused-ring (bicyclic) bond motifs is 1. The summed E-state index contributed by atoms with van der Waals surface area (Å²) in [7, 11) is 0. The summed E-state index contributed by atoms with van der Waals surface area (Å²) >= 11 is 0. The molecule has 0 spiro atoms. The van der Waals surface area contributed by atoms with Gasteiger partial charge in [-0.2, -0.15) is 0 Å². The Morgan fingerprint density at radius 2 is 1.67 bits per heavy atom. The summed E-state index contributed by atoms with van der Waals surface area (Å²) in [5.74, 6) is -1.58. The highest BCUT2D eigenvalue weighted by Gasteiger charge is 2.29. The molecule has 4 N–H and O–H groups in total. The monoisotopic (exact) mass is 288 g/mol. The zero-order valence-electron chi connectivity index (χ0n) is 10.8. The number of ketones is 1. The molecule has 1 atom stereocenters. The van der Waals surface area contributed by atoms with E-state index >= 15 is 0 Å². The van der Waals surface area contributed by atoms with Crippen molar-refractivity contribution in [3.05, 3.63) is 41.5 Å². The SMILES string of the molecule is O=C1C[C@@H](c2cc(O)c(O)c(O)c2)Oc2cc(O)ccc21. The maximum absolute atomic E-state index is 12.1. The van der Waals surface area contributed by atoms with Crippen molar-refractivity contribution >= 4 is 5.78 Å². The lowest BCUT2D eigenvalue weighted by atomic mass is 9.96. The number of Topliss-reactive ketones (excluding diaryl/α,β-unsaturated/α-hetero) is 1.